The molecule has 3 nitrogen and oxygen atoms in total. The van der Waals surface area contributed by atoms with Crippen LogP contribution in [0.25, 0.3) is 33.1 Å². The van der Waals surface area contributed by atoms with Gasteiger partial charge >= 0.3 is 7.12 Å². The Hall–Kier alpha value is -3.08. The molecular weight excluding hydrogens is 465 g/mol. The lowest BCUT2D eigenvalue weighted by Gasteiger charge is -2.32. The second-order valence-electron chi connectivity index (χ2n) is 11.2. The fourth-order valence-electron chi connectivity index (χ4n) is 5.78. The molecule has 0 unspecified atom stereocenters. The number of nitrogens with zero attached hydrogens (tertiary/aromatic N) is 1. The highest BCUT2D eigenvalue weighted by molar-refractivity contribution is 6.63. The molecule has 4 aromatic rings. The van der Waals surface area contributed by atoms with Gasteiger partial charge in [0.25, 0.3) is 0 Å². The first-order chi connectivity index (χ1) is 18.2. The number of benzene rings is 3. The molecule has 2 heterocycles. The van der Waals surface area contributed by atoms with Crippen molar-refractivity contribution in [1.82, 2.24) is 4.57 Å². The maximum atomic E-state index is 6.59. The molecule has 1 saturated heterocycles. The average molecular weight is 506 g/mol. The highest BCUT2D eigenvalue weighted by atomic mass is 16.7. The van der Waals surface area contributed by atoms with Crippen molar-refractivity contribution in [2.75, 3.05) is 0 Å². The molecule has 0 saturated carbocycles. The average Bonchev–Trinajstić information content (AvgIpc) is 3.35. The van der Waals surface area contributed by atoms with Crippen LogP contribution in [-0.2, 0) is 9.31 Å². The van der Waals surface area contributed by atoms with Crippen molar-refractivity contribution in [3.05, 3.63) is 89.5 Å². The van der Waals surface area contributed by atoms with Crippen LogP contribution in [0.15, 0.2) is 78.4 Å². The van der Waals surface area contributed by atoms with E-state index in [1.807, 2.05) is 13.8 Å². The monoisotopic (exact) mass is 505 g/mol. The van der Waals surface area contributed by atoms with E-state index in [4.69, 9.17) is 9.31 Å². The van der Waals surface area contributed by atoms with Crippen LogP contribution in [0.1, 0.15) is 72.4 Å². The van der Waals surface area contributed by atoms with Gasteiger partial charge in [-0.1, -0.05) is 68.5 Å². The number of hydrogen-bond donors (Lipinski definition) is 0. The smallest absolute Gasteiger partial charge is 0.399 e. The molecule has 2 aliphatic rings. The summed E-state index contributed by atoms with van der Waals surface area (Å²) in [5, 5.41) is 2.49. The lowest BCUT2D eigenvalue weighted by molar-refractivity contribution is 0.00578. The van der Waals surface area contributed by atoms with Crippen LogP contribution >= 0.6 is 0 Å². The quantitative estimate of drug-likeness (QED) is 0.261. The summed E-state index contributed by atoms with van der Waals surface area (Å²) in [5.41, 5.74) is 9.32. The van der Waals surface area contributed by atoms with E-state index in [2.05, 4.69) is 119 Å². The van der Waals surface area contributed by atoms with E-state index >= 15 is 0 Å². The zero-order valence-corrected chi connectivity index (χ0v) is 24.2. The SMILES string of the molecule is CC.CC1=C(c2c(C)c(B3OC(C)(C)C(C)(C)O3)cc3c4ccccc4n(-c4ccccc4)c23)CCC=C1. The standard InChI is InChI=1S/C32H34BNO2.C2H6/c1-21-14-10-11-17-24(21)29-22(2)27(33-35-31(3,4)32(5,6)36-33)20-26-25-18-12-13-19-28(25)34(30(26)29)23-15-8-7-9-16-23;1-2/h7-10,12-16,18-20H,11,17H2,1-6H3;1-2H3. The van der Waals surface area contributed by atoms with Crippen LogP contribution in [0.3, 0.4) is 0 Å². The topological polar surface area (TPSA) is 23.4 Å². The van der Waals surface area contributed by atoms with Crippen LogP contribution in [0.2, 0.25) is 0 Å². The minimum Gasteiger partial charge on any atom is -0.399 e. The molecule has 1 aliphatic heterocycles. The van der Waals surface area contributed by atoms with Gasteiger partial charge in [-0.05, 0) is 94.8 Å². The molecule has 0 atom stereocenters. The van der Waals surface area contributed by atoms with Crippen molar-refractivity contribution >= 4 is 40.0 Å². The molecule has 0 bridgehead atoms. The highest BCUT2D eigenvalue weighted by Crippen LogP contribution is 2.42. The van der Waals surface area contributed by atoms with Gasteiger partial charge in [-0.15, -0.1) is 0 Å². The first-order valence-electron chi connectivity index (χ1n) is 14.0. The third kappa shape index (κ3) is 4.15. The first kappa shape index (κ1) is 26.5. The Kier molecular flexibility index (Phi) is 6.92. The normalized spacial score (nSPS) is 18.3. The van der Waals surface area contributed by atoms with Crippen LogP contribution in [0.5, 0.6) is 0 Å². The fourth-order valence-corrected chi connectivity index (χ4v) is 5.78. The number of para-hydroxylation sites is 2. The largest absolute Gasteiger partial charge is 0.495 e. The zero-order chi connectivity index (χ0) is 27.2. The van der Waals surface area contributed by atoms with Crippen molar-refractivity contribution in [1.29, 1.82) is 0 Å². The van der Waals surface area contributed by atoms with Gasteiger partial charge in [-0.3, -0.25) is 0 Å². The summed E-state index contributed by atoms with van der Waals surface area (Å²) in [6.07, 6.45) is 6.65. The van der Waals surface area contributed by atoms with Crippen molar-refractivity contribution in [2.24, 2.45) is 0 Å². The van der Waals surface area contributed by atoms with Crippen LogP contribution < -0.4 is 5.46 Å². The Morgan fingerprint density at radius 3 is 2.11 bits per heavy atom. The molecule has 1 aromatic heterocycles. The Balaban J connectivity index is 0.00000144. The minimum atomic E-state index is -0.406. The summed E-state index contributed by atoms with van der Waals surface area (Å²) in [6, 6.07) is 21.8. The third-order valence-electron chi connectivity index (χ3n) is 8.49. The van der Waals surface area contributed by atoms with Gasteiger partial charge in [0.2, 0.25) is 0 Å². The first-order valence-corrected chi connectivity index (χ1v) is 14.0. The summed E-state index contributed by atoms with van der Waals surface area (Å²) in [5.74, 6) is 0. The number of hydrogen-bond acceptors (Lipinski definition) is 2. The zero-order valence-electron chi connectivity index (χ0n) is 24.2. The van der Waals surface area contributed by atoms with E-state index in [9.17, 15) is 0 Å². The van der Waals surface area contributed by atoms with Gasteiger partial charge in [-0.2, -0.15) is 0 Å². The number of fused-ring (bicyclic) bond motifs is 3. The summed E-state index contributed by atoms with van der Waals surface area (Å²) in [4.78, 5) is 0. The molecule has 0 spiro atoms. The number of rotatable bonds is 3. The van der Waals surface area contributed by atoms with E-state index in [-0.39, 0.29) is 11.2 Å². The lowest BCUT2D eigenvalue weighted by Crippen LogP contribution is -2.41. The summed E-state index contributed by atoms with van der Waals surface area (Å²) in [6.45, 7) is 17.0. The van der Waals surface area contributed by atoms with Crippen LogP contribution in [0, 0.1) is 6.92 Å². The molecule has 1 aliphatic carbocycles. The molecule has 1 fully saturated rings. The predicted octanol–water partition coefficient (Wildman–Crippen LogP) is 8.54. The molecule has 0 N–H and O–H groups in total. The maximum Gasteiger partial charge on any atom is 0.495 e. The second kappa shape index (κ2) is 9.91. The molecule has 0 amide bonds. The van der Waals surface area contributed by atoms with Gasteiger partial charge in [0, 0.05) is 22.0 Å². The van der Waals surface area contributed by atoms with Gasteiger partial charge in [0.05, 0.1) is 22.2 Å². The van der Waals surface area contributed by atoms with E-state index in [0.29, 0.717) is 0 Å². The van der Waals surface area contributed by atoms with Gasteiger partial charge in [-0.25, -0.2) is 0 Å². The van der Waals surface area contributed by atoms with Crippen molar-refractivity contribution < 1.29 is 9.31 Å². The number of allylic oxidation sites excluding steroid dienone is 4. The van der Waals surface area contributed by atoms with E-state index in [0.717, 1.165) is 18.3 Å². The maximum absolute atomic E-state index is 6.59. The van der Waals surface area contributed by atoms with Gasteiger partial charge < -0.3 is 13.9 Å². The molecule has 196 valence electrons. The van der Waals surface area contributed by atoms with Crippen molar-refractivity contribution in [3.8, 4) is 5.69 Å². The number of aromatic nitrogens is 1. The van der Waals surface area contributed by atoms with Gasteiger partial charge in [0.1, 0.15) is 0 Å². The molecular formula is C34H40BNO2. The Morgan fingerprint density at radius 1 is 0.816 bits per heavy atom. The highest BCUT2D eigenvalue weighted by Gasteiger charge is 2.52. The molecule has 38 heavy (non-hydrogen) atoms. The molecule has 0 radical (unpaired) electrons. The second-order valence-corrected chi connectivity index (χ2v) is 11.2. The Morgan fingerprint density at radius 2 is 1.45 bits per heavy atom. The van der Waals surface area contributed by atoms with Crippen molar-refractivity contribution in [2.45, 2.75) is 79.4 Å². The van der Waals surface area contributed by atoms with E-state index < -0.39 is 7.12 Å². The van der Waals surface area contributed by atoms with E-state index in [1.165, 1.54) is 49.8 Å². The Labute approximate surface area is 228 Å². The fraction of sp³-hybridized carbons (Fsp3) is 0.353. The molecule has 6 rings (SSSR count). The molecule has 4 heteroatoms. The van der Waals surface area contributed by atoms with Crippen molar-refractivity contribution in [3.63, 3.8) is 0 Å². The van der Waals surface area contributed by atoms with Crippen LogP contribution in [-0.4, -0.2) is 22.9 Å². The Bertz CT molecular complexity index is 1540. The summed E-state index contributed by atoms with van der Waals surface area (Å²) in [7, 11) is -0.406. The lowest BCUT2D eigenvalue weighted by atomic mass is 9.72. The van der Waals surface area contributed by atoms with Gasteiger partial charge in [0.15, 0.2) is 0 Å². The third-order valence-corrected chi connectivity index (χ3v) is 8.49. The molecule has 3 aromatic carbocycles. The predicted molar refractivity (Wildman–Crippen MR) is 164 cm³/mol. The minimum absolute atomic E-state index is 0.389. The summed E-state index contributed by atoms with van der Waals surface area (Å²) >= 11 is 0. The van der Waals surface area contributed by atoms with Crippen LogP contribution in [0.4, 0.5) is 0 Å². The van der Waals surface area contributed by atoms with E-state index in [1.54, 1.807) is 0 Å². The summed E-state index contributed by atoms with van der Waals surface area (Å²) < 4.78 is 15.6.